The van der Waals surface area contributed by atoms with E-state index in [9.17, 15) is 4.79 Å². The minimum atomic E-state index is -1.09. The highest BCUT2D eigenvalue weighted by molar-refractivity contribution is 6.37. The van der Waals surface area contributed by atoms with Crippen molar-refractivity contribution in [2.45, 2.75) is 0 Å². The van der Waals surface area contributed by atoms with Crippen LogP contribution in [0.5, 0.6) is 0 Å². The van der Waals surface area contributed by atoms with Crippen LogP contribution in [0.25, 0.3) is 11.0 Å². The zero-order valence-electron chi connectivity index (χ0n) is 6.94. The molecule has 0 saturated heterocycles. The molecule has 0 amide bonds. The SMILES string of the molecule is O=C(O)c1cnc2ncccc2c1Cl. The van der Waals surface area contributed by atoms with Crippen molar-refractivity contribution in [3.8, 4) is 0 Å². The minimum Gasteiger partial charge on any atom is -0.478 e. The standard InChI is InChI=1S/C9H5ClN2O2/c10-7-5-2-1-3-11-8(5)12-4-6(7)9(13)14/h1-4H,(H,13,14). The molecule has 4 nitrogen and oxygen atoms in total. The van der Waals surface area contributed by atoms with Gasteiger partial charge in [-0.2, -0.15) is 0 Å². The minimum absolute atomic E-state index is 0.00725. The summed E-state index contributed by atoms with van der Waals surface area (Å²) in [7, 11) is 0. The van der Waals surface area contributed by atoms with E-state index in [0.29, 0.717) is 11.0 Å². The van der Waals surface area contributed by atoms with Crippen molar-refractivity contribution in [1.82, 2.24) is 9.97 Å². The van der Waals surface area contributed by atoms with E-state index in [1.165, 1.54) is 6.20 Å². The zero-order valence-corrected chi connectivity index (χ0v) is 7.69. The molecule has 2 heterocycles. The van der Waals surface area contributed by atoms with E-state index in [1.54, 1.807) is 18.3 Å². The summed E-state index contributed by atoms with van der Waals surface area (Å²) in [5, 5.41) is 9.51. The molecule has 2 aromatic rings. The summed E-state index contributed by atoms with van der Waals surface area (Å²) in [6.07, 6.45) is 2.78. The lowest BCUT2D eigenvalue weighted by molar-refractivity contribution is 0.0697. The number of hydrogen-bond donors (Lipinski definition) is 1. The average Bonchev–Trinajstić information content (AvgIpc) is 2.18. The van der Waals surface area contributed by atoms with Crippen molar-refractivity contribution >= 4 is 28.6 Å². The molecule has 0 radical (unpaired) electrons. The molecule has 0 unspecified atom stereocenters. The third-order valence-electron chi connectivity index (χ3n) is 1.81. The van der Waals surface area contributed by atoms with Crippen LogP contribution in [0.1, 0.15) is 10.4 Å². The first-order valence-corrected chi connectivity index (χ1v) is 4.20. The zero-order chi connectivity index (χ0) is 10.1. The van der Waals surface area contributed by atoms with Gasteiger partial charge in [0.05, 0.1) is 10.6 Å². The molecule has 0 aliphatic carbocycles. The topological polar surface area (TPSA) is 63.1 Å². The van der Waals surface area contributed by atoms with Crippen LogP contribution in [0.15, 0.2) is 24.5 Å². The largest absolute Gasteiger partial charge is 0.478 e. The second kappa shape index (κ2) is 3.23. The van der Waals surface area contributed by atoms with Gasteiger partial charge in [-0.05, 0) is 12.1 Å². The number of carbonyl (C=O) groups is 1. The summed E-state index contributed by atoms with van der Waals surface area (Å²) >= 11 is 5.88. The average molecular weight is 209 g/mol. The molecule has 0 fully saturated rings. The van der Waals surface area contributed by atoms with Gasteiger partial charge in [0.1, 0.15) is 0 Å². The molecule has 0 atom stereocenters. The molecular weight excluding hydrogens is 204 g/mol. The molecule has 2 rings (SSSR count). The van der Waals surface area contributed by atoms with E-state index in [4.69, 9.17) is 16.7 Å². The van der Waals surface area contributed by atoms with Gasteiger partial charge in [0, 0.05) is 17.8 Å². The van der Waals surface area contributed by atoms with Crippen LogP contribution in [-0.2, 0) is 0 Å². The van der Waals surface area contributed by atoms with Crippen molar-refractivity contribution in [3.63, 3.8) is 0 Å². The van der Waals surface area contributed by atoms with Crippen molar-refractivity contribution < 1.29 is 9.90 Å². The highest BCUT2D eigenvalue weighted by Crippen LogP contribution is 2.23. The first-order valence-electron chi connectivity index (χ1n) is 3.82. The van der Waals surface area contributed by atoms with Crippen LogP contribution in [0.3, 0.4) is 0 Å². The van der Waals surface area contributed by atoms with Gasteiger partial charge in [0.2, 0.25) is 0 Å². The summed E-state index contributed by atoms with van der Waals surface area (Å²) in [6, 6.07) is 3.37. The van der Waals surface area contributed by atoms with E-state index < -0.39 is 5.97 Å². The molecule has 1 N–H and O–H groups in total. The first-order chi connectivity index (χ1) is 6.70. The predicted molar refractivity (Wildman–Crippen MR) is 51.5 cm³/mol. The molecule has 5 heteroatoms. The third kappa shape index (κ3) is 1.29. The Hall–Kier alpha value is -1.68. The summed E-state index contributed by atoms with van der Waals surface area (Å²) < 4.78 is 0. The van der Waals surface area contributed by atoms with Crippen molar-refractivity contribution in [1.29, 1.82) is 0 Å². The normalized spacial score (nSPS) is 10.4. The Morgan fingerprint density at radius 3 is 2.93 bits per heavy atom. The number of aromatic nitrogens is 2. The molecule has 0 aliphatic heterocycles. The summed E-state index contributed by atoms with van der Waals surface area (Å²) in [5.41, 5.74) is 0.440. The lowest BCUT2D eigenvalue weighted by Crippen LogP contribution is -1.99. The maximum absolute atomic E-state index is 10.7. The Balaban J connectivity index is 2.81. The van der Waals surface area contributed by atoms with Crippen LogP contribution in [-0.4, -0.2) is 21.0 Å². The summed E-state index contributed by atoms with van der Waals surface area (Å²) in [4.78, 5) is 18.6. The molecule has 0 aliphatic rings. The molecule has 0 saturated carbocycles. The first kappa shape index (κ1) is 8.90. The van der Waals surface area contributed by atoms with Gasteiger partial charge in [-0.3, -0.25) is 0 Å². The Morgan fingerprint density at radius 1 is 1.43 bits per heavy atom. The third-order valence-corrected chi connectivity index (χ3v) is 2.21. The fourth-order valence-electron chi connectivity index (χ4n) is 1.15. The number of aromatic carboxylic acids is 1. The number of carboxylic acids is 1. The number of pyridine rings is 2. The number of halogens is 1. The predicted octanol–water partition coefficient (Wildman–Crippen LogP) is 1.98. The van der Waals surface area contributed by atoms with Crippen LogP contribution in [0.2, 0.25) is 5.02 Å². The fourth-order valence-corrected chi connectivity index (χ4v) is 1.42. The maximum atomic E-state index is 10.7. The summed E-state index contributed by atoms with van der Waals surface area (Å²) in [5.74, 6) is -1.09. The molecule has 0 bridgehead atoms. The lowest BCUT2D eigenvalue weighted by Gasteiger charge is -2.01. The molecule has 14 heavy (non-hydrogen) atoms. The van der Waals surface area contributed by atoms with Crippen LogP contribution < -0.4 is 0 Å². The van der Waals surface area contributed by atoms with E-state index >= 15 is 0 Å². The molecule has 0 spiro atoms. The van der Waals surface area contributed by atoms with Gasteiger partial charge >= 0.3 is 5.97 Å². The lowest BCUT2D eigenvalue weighted by atomic mass is 10.2. The van der Waals surface area contributed by atoms with Gasteiger partial charge in [0.25, 0.3) is 0 Å². The molecule has 70 valence electrons. The maximum Gasteiger partial charge on any atom is 0.338 e. The highest BCUT2D eigenvalue weighted by atomic mass is 35.5. The number of nitrogens with zero attached hydrogens (tertiary/aromatic N) is 2. The van der Waals surface area contributed by atoms with E-state index in [2.05, 4.69) is 9.97 Å². The van der Waals surface area contributed by atoms with Gasteiger partial charge in [-0.25, -0.2) is 14.8 Å². The van der Waals surface area contributed by atoms with Gasteiger partial charge in [-0.15, -0.1) is 0 Å². The fraction of sp³-hybridized carbons (Fsp3) is 0. The second-order valence-corrected chi connectivity index (χ2v) is 3.04. The van der Waals surface area contributed by atoms with E-state index in [-0.39, 0.29) is 10.6 Å². The van der Waals surface area contributed by atoms with Crippen LogP contribution in [0.4, 0.5) is 0 Å². The molecule has 2 aromatic heterocycles. The van der Waals surface area contributed by atoms with Gasteiger partial charge < -0.3 is 5.11 Å². The number of hydrogen-bond acceptors (Lipinski definition) is 3. The molecular formula is C9H5ClN2O2. The number of carboxylic acid groups (broad SMARTS) is 1. The Labute approximate surface area is 84.2 Å². The van der Waals surface area contributed by atoms with Crippen molar-refractivity contribution in [2.24, 2.45) is 0 Å². The quantitative estimate of drug-likeness (QED) is 0.779. The van der Waals surface area contributed by atoms with E-state index in [0.717, 1.165) is 0 Å². The van der Waals surface area contributed by atoms with E-state index in [1.807, 2.05) is 0 Å². The van der Waals surface area contributed by atoms with Crippen LogP contribution >= 0.6 is 11.6 Å². The Kier molecular flexibility index (Phi) is 2.05. The van der Waals surface area contributed by atoms with Gasteiger partial charge in [0.15, 0.2) is 5.65 Å². The van der Waals surface area contributed by atoms with Crippen molar-refractivity contribution in [3.05, 3.63) is 35.1 Å². The smallest absolute Gasteiger partial charge is 0.338 e. The van der Waals surface area contributed by atoms with Crippen molar-refractivity contribution in [2.75, 3.05) is 0 Å². The number of fused-ring (bicyclic) bond motifs is 1. The summed E-state index contributed by atoms with van der Waals surface area (Å²) in [6.45, 7) is 0. The van der Waals surface area contributed by atoms with Gasteiger partial charge in [-0.1, -0.05) is 11.6 Å². The Bertz CT molecular complexity index is 513. The number of rotatable bonds is 1. The monoisotopic (exact) mass is 208 g/mol. The van der Waals surface area contributed by atoms with Crippen LogP contribution in [0, 0.1) is 0 Å². The molecule has 0 aromatic carbocycles. The second-order valence-electron chi connectivity index (χ2n) is 2.67. The Morgan fingerprint density at radius 2 is 2.21 bits per heavy atom. The highest BCUT2D eigenvalue weighted by Gasteiger charge is 2.12.